The van der Waals surface area contributed by atoms with Gasteiger partial charge in [0.15, 0.2) is 0 Å². The first-order valence-electron chi connectivity index (χ1n) is 7.94. The molecule has 0 radical (unpaired) electrons. The third-order valence-electron chi connectivity index (χ3n) is 5.48. The molecular weight excluding hydrogens is 224 g/mol. The number of carbonyl (C=O) groups is 1. The van der Waals surface area contributed by atoms with Crippen molar-refractivity contribution in [2.45, 2.75) is 70.8 Å². The van der Waals surface area contributed by atoms with Gasteiger partial charge in [-0.2, -0.15) is 0 Å². The second-order valence-corrected chi connectivity index (χ2v) is 6.80. The summed E-state index contributed by atoms with van der Waals surface area (Å²) in [5, 5.41) is 0. The lowest BCUT2D eigenvalue weighted by Gasteiger charge is -2.39. The zero-order valence-electron chi connectivity index (χ0n) is 11.6. The Kier molecular flexibility index (Phi) is 3.63. The van der Waals surface area contributed by atoms with Crippen LogP contribution in [0.3, 0.4) is 0 Å². The van der Waals surface area contributed by atoms with Crippen LogP contribution in [-0.2, 0) is 9.53 Å². The predicted octanol–water partition coefficient (Wildman–Crippen LogP) is 3.93. The van der Waals surface area contributed by atoms with Crippen LogP contribution in [0.5, 0.6) is 0 Å². The molecule has 4 unspecified atom stereocenters. The van der Waals surface area contributed by atoms with Crippen molar-refractivity contribution in [1.29, 1.82) is 0 Å². The molecule has 0 spiro atoms. The van der Waals surface area contributed by atoms with E-state index in [-0.39, 0.29) is 18.0 Å². The number of esters is 1. The molecule has 3 aliphatic rings. The first-order chi connectivity index (χ1) is 8.74. The predicted molar refractivity (Wildman–Crippen MR) is 71.1 cm³/mol. The normalized spacial score (nSPS) is 37.7. The third-order valence-corrected chi connectivity index (χ3v) is 5.48. The van der Waals surface area contributed by atoms with Crippen LogP contribution >= 0.6 is 0 Å². The summed E-state index contributed by atoms with van der Waals surface area (Å²) in [7, 11) is 0. The van der Waals surface area contributed by atoms with E-state index in [4.69, 9.17) is 4.74 Å². The van der Waals surface area contributed by atoms with Crippen molar-refractivity contribution in [3.8, 4) is 0 Å². The molecule has 3 aliphatic carbocycles. The average Bonchev–Trinajstić information content (AvgIpc) is 3.22. The maximum absolute atomic E-state index is 12.0. The number of rotatable bonds is 3. The van der Waals surface area contributed by atoms with E-state index >= 15 is 0 Å². The van der Waals surface area contributed by atoms with Crippen LogP contribution in [0.1, 0.15) is 64.7 Å². The van der Waals surface area contributed by atoms with Gasteiger partial charge in [0.1, 0.15) is 6.10 Å². The van der Waals surface area contributed by atoms with E-state index in [1.54, 1.807) is 0 Å². The minimum absolute atomic E-state index is 0.0803. The zero-order chi connectivity index (χ0) is 12.5. The lowest BCUT2D eigenvalue weighted by atomic mass is 9.70. The van der Waals surface area contributed by atoms with Crippen molar-refractivity contribution in [2.24, 2.45) is 23.7 Å². The average molecular weight is 250 g/mol. The summed E-state index contributed by atoms with van der Waals surface area (Å²) in [6.45, 7) is 2.05. The van der Waals surface area contributed by atoms with E-state index in [9.17, 15) is 4.79 Å². The number of hydrogen-bond donors (Lipinski definition) is 0. The first kappa shape index (κ1) is 12.5. The van der Waals surface area contributed by atoms with E-state index in [2.05, 4.69) is 0 Å². The molecular formula is C16H26O2. The van der Waals surface area contributed by atoms with Gasteiger partial charge in [-0.1, -0.05) is 32.6 Å². The Morgan fingerprint density at radius 1 is 1.00 bits per heavy atom. The maximum Gasteiger partial charge on any atom is 0.309 e. The fraction of sp³-hybridized carbons (Fsp3) is 0.938. The lowest BCUT2D eigenvalue weighted by Crippen LogP contribution is -2.34. The molecule has 0 heterocycles. The molecule has 0 aromatic rings. The topological polar surface area (TPSA) is 26.3 Å². The second kappa shape index (κ2) is 5.22. The zero-order valence-corrected chi connectivity index (χ0v) is 11.6. The molecule has 0 amide bonds. The van der Waals surface area contributed by atoms with Crippen molar-refractivity contribution in [1.82, 2.24) is 0 Å². The van der Waals surface area contributed by atoms with Gasteiger partial charge in [-0.15, -0.1) is 0 Å². The minimum atomic E-state index is 0.0803. The summed E-state index contributed by atoms with van der Waals surface area (Å²) in [5.41, 5.74) is 0. The Balaban J connectivity index is 1.49. The molecule has 2 nitrogen and oxygen atoms in total. The van der Waals surface area contributed by atoms with E-state index in [0.29, 0.717) is 5.92 Å². The molecule has 3 rings (SSSR count). The standard InChI is InChI=1S/C16H26O2/c1-11(12-6-7-12)16(17)18-15-9-8-13-4-2-3-5-14(13)10-15/h11-15H,2-10H2,1H3. The van der Waals surface area contributed by atoms with E-state index < -0.39 is 0 Å². The van der Waals surface area contributed by atoms with Gasteiger partial charge in [0.05, 0.1) is 5.92 Å². The summed E-state index contributed by atoms with van der Waals surface area (Å²) < 4.78 is 5.76. The SMILES string of the molecule is CC(C(=O)OC1CCC2CCCCC2C1)C1CC1. The molecule has 3 fully saturated rings. The summed E-state index contributed by atoms with van der Waals surface area (Å²) in [6.07, 6.45) is 11.8. The van der Waals surface area contributed by atoms with Crippen LogP contribution in [-0.4, -0.2) is 12.1 Å². The molecule has 4 atom stereocenters. The summed E-state index contributed by atoms with van der Waals surface area (Å²) in [6, 6.07) is 0. The Hall–Kier alpha value is -0.530. The Labute approximate surface area is 110 Å². The molecule has 2 heteroatoms. The molecule has 18 heavy (non-hydrogen) atoms. The second-order valence-electron chi connectivity index (χ2n) is 6.80. The monoisotopic (exact) mass is 250 g/mol. The van der Waals surface area contributed by atoms with Crippen molar-refractivity contribution in [3.05, 3.63) is 0 Å². The van der Waals surface area contributed by atoms with E-state index in [0.717, 1.165) is 24.7 Å². The first-order valence-corrected chi connectivity index (χ1v) is 7.94. The van der Waals surface area contributed by atoms with Gasteiger partial charge in [-0.05, 0) is 49.9 Å². The smallest absolute Gasteiger partial charge is 0.309 e. The molecule has 102 valence electrons. The summed E-state index contributed by atoms with van der Waals surface area (Å²) in [4.78, 5) is 12.0. The molecule has 0 aliphatic heterocycles. The van der Waals surface area contributed by atoms with Gasteiger partial charge < -0.3 is 4.74 Å². The van der Waals surface area contributed by atoms with E-state index in [1.807, 2.05) is 6.92 Å². The van der Waals surface area contributed by atoms with Crippen molar-refractivity contribution in [3.63, 3.8) is 0 Å². The van der Waals surface area contributed by atoms with E-state index in [1.165, 1.54) is 44.9 Å². The van der Waals surface area contributed by atoms with Crippen molar-refractivity contribution >= 4 is 5.97 Å². The van der Waals surface area contributed by atoms with Crippen molar-refractivity contribution in [2.75, 3.05) is 0 Å². The Morgan fingerprint density at radius 2 is 1.72 bits per heavy atom. The molecule has 0 N–H and O–H groups in total. The Bertz CT molecular complexity index is 308. The fourth-order valence-electron chi connectivity index (χ4n) is 4.00. The molecule has 3 saturated carbocycles. The van der Waals surface area contributed by atoms with Crippen LogP contribution in [0, 0.1) is 23.7 Å². The van der Waals surface area contributed by atoms with Gasteiger partial charge in [-0.25, -0.2) is 0 Å². The van der Waals surface area contributed by atoms with Crippen LogP contribution in [0.25, 0.3) is 0 Å². The highest BCUT2D eigenvalue weighted by atomic mass is 16.5. The van der Waals surface area contributed by atoms with Crippen LogP contribution in [0.2, 0.25) is 0 Å². The van der Waals surface area contributed by atoms with Crippen LogP contribution in [0.15, 0.2) is 0 Å². The van der Waals surface area contributed by atoms with Crippen molar-refractivity contribution < 1.29 is 9.53 Å². The van der Waals surface area contributed by atoms with Gasteiger partial charge in [0.25, 0.3) is 0 Å². The molecule has 0 aromatic heterocycles. The number of carbonyl (C=O) groups excluding carboxylic acids is 1. The third kappa shape index (κ3) is 2.73. The summed E-state index contributed by atoms with van der Waals surface area (Å²) in [5.74, 6) is 2.64. The van der Waals surface area contributed by atoms with Gasteiger partial charge >= 0.3 is 5.97 Å². The minimum Gasteiger partial charge on any atom is -0.462 e. The highest BCUT2D eigenvalue weighted by molar-refractivity contribution is 5.73. The highest BCUT2D eigenvalue weighted by Gasteiger charge is 2.37. The number of ether oxygens (including phenoxy) is 1. The van der Waals surface area contributed by atoms with Gasteiger partial charge in [0.2, 0.25) is 0 Å². The van der Waals surface area contributed by atoms with Crippen LogP contribution < -0.4 is 0 Å². The quantitative estimate of drug-likeness (QED) is 0.709. The number of fused-ring (bicyclic) bond motifs is 1. The molecule has 0 aromatic carbocycles. The summed E-state index contributed by atoms with van der Waals surface area (Å²) >= 11 is 0. The molecule has 0 saturated heterocycles. The van der Waals surface area contributed by atoms with Gasteiger partial charge in [0, 0.05) is 0 Å². The lowest BCUT2D eigenvalue weighted by molar-refractivity contribution is -0.157. The fourth-order valence-corrected chi connectivity index (χ4v) is 4.00. The molecule has 0 bridgehead atoms. The van der Waals surface area contributed by atoms with Crippen LogP contribution in [0.4, 0.5) is 0 Å². The largest absolute Gasteiger partial charge is 0.462 e. The number of hydrogen-bond acceptors (Lipinski definition) is 2. The Morgan fingerprint density at radius 3 is 2.44 bits per heavy atom. The van der Waals surface area contributed by atoms with Gasteiger partial charge in [-0.3, -0.25) is 4.79 Å². The maximum atomic E-state index is 12.0. The highest BCUT2D eigenvalue weighted by Crippen LogP contribution is 2.42.